The molecule has 24 heavy (non-hydrogen) atoms. The number of hydrogen-bond acceptors (Lipinski definition) is 5. The zero-order valence-electron chi connectivity index (χ0n) is 14.9. The van der Waals surface area contributed by atoms with Gasteiger partial charge in [-0.05, 0) is 37.0 Å². The van der Waals surface area contributed by atoms with Crippen molar-refractivity contribution in [3.8, 4) is 5.75 Å². The summed E-state index contributed by atoms with van der Waals surface area (Å²) in [7, 11) is 2.42. The fourth-order valence-corrected chi connectivity index (χ4v) is 5.34. The maximum absolute atomic E-state index is 6.24. The van der Waals surface area contributed by atoms with Crippen molar-refractivity contribution in [3.63, 3.8) is 0 Å². The molecule has 1 spiro atoms. The standard InChI is InChI=1S/C18H28O5Si/c1-19-24(20-2,21-3)12-9-15-7-8-17-16(13-15)14-22-18(23-17)10-5-4-6-11-18/h7-8,13H,4-6,9-12,14H2,1-3H3. The number of fused-ring (bicyclic) bond motifs is 1. The second-order valence-corrected chi connectivity index (χ2v) is 9.69. The van der Waals surface area contributed by atoms with E-state index in [2.05, 4.69) is 18.2 Å². The van der Waals surface area contributed by atoms with Gasteiger partial charge in [-0.2, -0.15) is 0 Å². The predicted molar refractivity (Wildman–Crippen MR) is 93.0 cm³/mol. The molecule has 5 nitrogen and oxygen atoms in total. The monoisotopic (exact) mass is 352 g/mol. The van der Waals surface area contributed by atoms with Crippen LogP contribution in [0.4, 0.5) is 0 Å². The molecule has 1 aliphatic carbocycles. The highest BCUT2D eigenvalue weighted by Gasteiger charge is 2.39. The van der Waals surface area contributed by atoms with Gasteiger partial charge >= 0.3 is 8.80 Å². The molecule has 0 N–H and O–H groups in total. The van der Waals surface area contributed by atoms with Gasteiger partial charge in [0.25, 0.3) is 0 Å². The van der Waals surface area contributed by atoms with Crippen LogP contribution < -0.4 is 4.74 Å². The smallest absolute Gasteiger partial charge is 0.462 e. The Hall–Kier alpha value is -0.923. The van der Waals surface area contributed by atoms with E-state index in [1.807, 2.05) is 0 Å². The van der Waals surface area contributed by atoms with E-state index >= 15 is 0 Å². The Morgan fingerprint density at radius 1 is 1.04 bits per heavy atom. The van der Waals surface area contributed by atoms with Gasteiger partial charge in [0.15, 0.2) is 0 Å². The molecule has 1 heterocycles. The highest BCUT2D eigenvalue weighted by atomic mass is 28.4. The molecule has 1 saturated carbocycles. The third-order valence-corrected chi connectivity index (χ3v) is 7.91. The summed E-state index contributed by atoms with van der Waals surface area (Å²) < 4.78 is 28.8. The average molecular weight is 353 g/mol. The Morgan fingerprint density at radius 2 is 1.75 bits per heavy atom. The average Bonchev–Trinajstić information content (AvgIpc) is 2.64. The number of hydrogen-bond donors (Lipinski definition) is 0. The van der Waals surface area contributed by atoms with E-state index in [9.17, 15) is 0 Å². The largest absolute Gasteiger partial charge is 0.500 e. The van der Waals surface area contributed by atoms with Gasteiger partial charge < -0.3 is 22.8 Å². The second-order valence-electron chi connectivity index (χ2n) is 6.60. The van der Waals surface area contributed by atoms with Gasteiger partial charge in [-0.15, -0.1) is 0 Å². The third kappa shape index (κ3) is 3.68. The maximum Gasteiger partial charge on any atom is 0.500 e. The third-order valence-electron chi connectivity index (χ3n) is 5.18. The Balaban J connectivity index is 1.67. The molecule has 1 aliphatic heterocycles. The van der Waals surface area contributed by atoms with Crippen LogP contribution in [0.2, 0.25) is 6.04 Å². The summed E-state index contributed by atoms with van der Waals surface area (Å²) >= 11 is 0. The van der Waals surface area contributed by atoms with Crippen LogP contribution in [-0.2, 0) is 31.0 Å². The minimum absolute atomic E-state index is 0.378. The topological polar surface area (TPSA) is 46.2 Å². The fraction of sp³-hybridized carbons (Fsp3) is 0.667. The van der Waals surface area contributed by atoms with Crippen molar-refractivity contribution in [1.29, 1.82) is 0 Å². The summed E-state index contributed by atoms with van der Waals surface area (Å²) in [5, 5.41) is 0. The summed E-state index contributed by atoms with van der Waals surface area (Å²) in [6, 6.07) is 7.13. The van der Waals surface area contributed by atoms with E-state index in [-0.39, 0.29) is 5.79 Å². The van der Waals surface area contributed by atoms with Crippen LogP contribution in [0.5, 0.6) is 5.75 Å². The molecule has 0 unspecified atom stereocenters. The Bertz CT molecular complexity index is 544. The quantitative estimate of drug-likeness (QED) is 0.731. The lowest BCUT2D eigenvalue weighted by molar-refractivity contribution is -0.222. The van der Waals surface area contributed by atoms with Crippen molar-refractivity contribution in [3.05, 3.63) is 29.3 Å². The number of rotatable bonds is 6. The highest BCUT2D eigenvalue weighted by Crippen LogP contribution is 2.40. The lowest BCUT2D eigenvalue weighted by Crippen LogP contribution is -2.43. The minimum atomic E-state index is -2.53. The van der Waals surface area contributed by atoms with E-state index in [1.54, 1.807) is 21.3 Å². The zero-order chi connectivity index (χ0) is 17.0. The zero-order valence-corrected chi connectivity index (χ0v) is 15.9. The van der Waals surface area contributed by atoms with Gasteiger partial charge in [0.05, 0.1) is 6.61 Å². The lowest BCUT2D eigenvalue weighted by atomic mass is 9.93. The van der Waals surface area contributed by atoms with Crippen LogP contribution in [0.15, 0.2) is 18.2 Å². The molecule has 0 radical (unpaired) electrons. The van der Waals surface area contributed by atoms with Crippen molar-refractivity contribution < 1.29 is 22.8 Å². The molecular weight excluding hydrogens is 324 g/mol. The van der Waals surface area contributed by atoms with E-state index in [0.717, 1.165) is 36.6 Å². The van der Waals surface area contributed by atoms with Gasteiger partial charge in [-0.25, -0.2) is 0 Å². The molecule has 0 aromatic heterocycles. The van der Waals surface area contributed by atoms with Gasteiger partial charge in [-0.1, -0.05) is 12.5 Å². The van der Waals surface area contributed by atoms with Gasteiger partial charge in [0, 0.05) is 45.8 Å². The van der Waals surface area contributed by atoms with Crippen molar-refractivity contribution in [2.45, 2.75) is 57.0 Å². The first-order chi connectivity index (χ1) is 11.6. The fourth-order valence-electron chi connectivity index (χ4n) is 3.63. The Morgan fingerprint density at radius 3 is 2.42 bits per heavy atom. The predicted octanol–water partition coefficient (Wildman–Crippen LogP) is 3.68. The summed E-state index contributed by atoms with van der Waals surface area (Å²) in [5.41, 5.74) is 2.35. The molecule has 1 aromatic rings. The molecule has 1 aromatic carbocycles. The van der Waals surface area contributed by atoms with Crippen LogP contribution in [-0.4, -0.2) is 35.9 Å². The Labute approximate surface area is 145 Å². The van der Waals surface area contributed by atoms with E-state index in [1.165, 1.54) is 24.8 Å². The number of benzene rings is 1. The minimum Gasteiger partial charge on any atom is -0.462 e. The molecule has 1 fully saturated rings. The Kier molecular flexibility index (Phi) is 5.62. The van der Waals surface area contributed by atoms with Crippen LogP contribution >= 0.6 is 0 Å². The van der Waals surface area contributed by atoms with Crippen molar-refractivity contribution in [1.82, 2.24) is 0 Å². The van der Waals surface area contributed by atoms with Gasteiger partial charge in [-0.3, -0.25) is 0 Å². The summed E-state index contributed by atoms with van der Waals surface area (Å²) in [6.45, 7) is 0.630. The van der Waals surface area contributed by atoms with Crippen LogP contribution in [0, 0.1) is 0 Å². The molecule has 2 aliphatic rings. The molecule has 3 rings (SSSR count). The van der Waals surface area contributed by atoms with Crippen molar-refractivity contribution in [2.75, 3.05) is 21.3 Å². The normalized spacial score (nSPS) is 19.8. The van der Waals surface area contributed by atoms with Crippen molar-refractivity contribution in [2.24, 2.45) is 0 Å². The van der Waals surface area contributed by atoms with E-state index in [0.29, 0.717) is 6.61 Å². The molecule has 0 amide bonds. The van der Waals surface area contributed by atoms with E-state index < -0.39 is 8.80 Å². The summed E-state index contributed by atoms with van der Waals surface area (Å²) in [5.74, 6) is 0.595. The first kappa shape index (κ1) is 17.9. The first-order valence-electron chi connectivity index (χ1n) is 8.74. The molecular formula is C18H28O5Si. The van der Waals surface area contributed by atoms with Gasteiger partial charge in [0.1, 0.15) is 5.75 Å². The SMILES string of the molecule is CO[Si](CCc1ccc2c(c1)COC1(CCCCC1)O2)(OC)OC. The van der Waals surface area contributed by atoms with Crippen LogP contribution in [0.1, 0.15) is 43.2 Å². The highest BCUT2D eigenvalue weighted by molar-refractivity contribution is 6.60. The van der Waals surface area contributed by atoms with Gasteiger partial charge in [0.2, 0.25) is 5.79 Å². The lowest BCUT2D eigenvalue weighted by Gasteiger charge is -2.41. The molecule has 0 bridgehead atoms. The van der Waals surface area contributed by atoms with Crippen molar-refractivity contribution >= 4 is 8.80 Å². The number of aryl methyl sites for hydroxylation is 1. The number of ether oxygens (including phenoxy) is 2. The maximum atomic E-state index is 6.24. The molecule has 0 atom stereocenters. The van der Waals surface area contributed by atoms with Crippen LogP contribution in [0.25, 0.3) is 0 Å². The second kappa shape index (κ2) is 7.54. The molecule has 6 heteroatoms. The molecule has 0 saturated heterocycles. The van der Waals surface area contributed by atoms with E-state index in [4.69, 9.17) is 22.8 Å². The first-order valence-corrected chi connectivity index (χ1v) is 10.7. The summed E-state index contributed by atoms with van der Waals surface area (Å²) in [4.78, 5) is 0. The molecule has 134 valence electrons. The van der Waals surface area contributed by atoms with Crippen LogP contribution in [0.3, 0.4) is 0 Å². The summed E-state index contributed by atoms with van der Waals surface area (Å²) in [6.07, 6.45) is 6.50.